The number of nitrogens with one attached hydrogen (secondary N) is 2. The van der Waals surface area contributed by atoms with Crippen LogP contribution in [0.3, 0.4) is 0 Å². The Hall–Kier alpha value is -1.65. The SMILES string of the molecule is O=C1CCC(NC(=O)C2CC3C=CC2C3)C(=O)N1. The molecule has 3 amide bonds. The molecule has 0 spiro atoms. The lowest BCUT2D eigenvalue weighted by Gasteiger charge is -2.25. The second kappa shape index (κ2) is 4.23. The topological polar surface area (TPSA) is 75.3 Å². The Balaban J connectivity index is 1.60. The third-order valence-electron chi connectivity index (χ3n) is 4.17. The molecule has 0 aromatic carbocycles. The third-order valence-corrected chi connectivity index (χ3v) is 4.17. The minimum atomic E-state index is -0.543. The first-order valence-electron chi connectivity index (χ1n) is 6.46. The maximum atomic E-state index is 12.1. The Morgan fingerprint density at radius 2 is 2.11 bits per heavy atom. The molecule has 4 unspecified atom stereocenters. The van der Waals surface area contributed by atoms with Gasteiger partial charge in [-0.1, -0.05) is 12.2 Å². The van der Waals surface area contributed by atoms with Gasteiger partial charge in [-0.3, -0.25) is 19.7 Å². The summed E-state index contributed by atoms with van der Waals surface area (Å²) in [7, 11) is 0. The lowest BCUT2D eigenvalue weighted by molar-refractivity contribution is -0.138. The molecular formula is C13H16N2O3. The average Bonchev–Trinajstić information content (AvgIpc) is 2.94. The quantitative estimate of drug-likeness (QED) is 0.538. The smallest absolute Gasteiger partial charge is 0.249 e. The van der Waals surface area contributed by atoms with E-state index in [0.717, 1.165) is 12.8 Å². The molecule has 4 atom stereocenters. The van der Waals surface area contributed by atoms with Crippen molar-refractivity contribution in [1.82, 2.24) is 10.6 Å². The lowest BCUT2D eigenvalue weighted by Crippen LogP contribution is -2.53. The summed E-state index contributed by atoms with van der Waals surface area (Å²) < 4.78 is 0. The zero-order valence-corrected chi connectivity index (χ0v) is 10.0. The summed E-state index contributed by atoms with van der Waals surface area (Å²) in [6.45, 7) is 0. The number of imide groups is 1. The Morgan fingerprint density at radius 1 is 1.28 bits per heavy atom. The molecule has 1 heterocycles. The van der Waals surface area contributed by atoms with Crippen LogP contribution in [-0.2, 0) is 14.4 Å². The highest BCUT2D eigenvalue weighted by atomic mass is 16.2. The second-order valence-corrected chi connectivity index (χ2v) is 5.40. The Labute approximate surface area is 105 Å². The Bertz CT molecular complexity index is 444. The fourth-order valence-corrected chi connectivity index (χ4v) is 3.19. The van der Waals surface area contributed by atoms with Crippen LogP contribution < -0.4 is 10.6 Å². The second-order valence-electron chi connectivity index (χ2n) is 5.40. The average molecular weight is 248 g/mol. The van der Waals surface area contributed by atoms with Gasteiger partial charge in [-0.15, -0.1) is 0 Å². The molecular weight excluding hydrogens is 232 g/mol. The molecule has 0 aromatic rings. The van der Waals surface area contributed by atoms with E-state index in [0.29, 0.717) is 24.7 Å². The van der Waals surface area contributed by atoms with Gasteiger partial charge in [-0.2, -0.15) is 0 Å². The first-order chi connectivity index (χ1) is 8.63. The molecule has 0 aromatic heterocycles. The molecule has 2 bridgehead atoms. The van der Waals surface area contributed by atoms with Gasteiger partial charge in [-0.05, 0) is 31.1 Å². The zero-order chi connectivity index (χ0) is 12.7. The maximum absolute atomic E-state index is 12.1. The Kier molecular flexibility index (Phi) is 2.69. The van der Waals surface area contributed by atoms with Crippen molar-refractivity contribution in [1.29, 1.82) is 0 Å². The molecule has 2 fully saturated rings. The van der Waals surface area contributed by atoms with E-state index in [1.54, 1.807) is 0 Å². The van der Waals surface area contributed by atoms with Gasteiger partial charge in [0.25, 0.3) is 0 Å². The van der Waals surface area contributed by atoms with Crippen molar-refractivity contribution in [2.24, 2.45) is 17.8 Å². The predicted molar refractivity (Wildman–Crippen MR) is 63.2 cm³/mol. The summed E-state index contributed by atoms with van der Waals surface area (Å²) in [5, 5.41) is 5.03. The summed E-state index contributed by atoms with van der Waals surface area (Å²) in [5.74, 6) is 0.203. The molecule has 0 radical (unpaired) electrons. The number of carbonyl (C=O) groups excluding carboxylic acids is 3. The molecule has 1 saturated carbocycles. The molecule has 5 heteroatoms. The summed E-state index contributed by atoms with van der Waals surface area (Å²) in [5.41, 5.74) is 0. The maximum Gasteiger partial charge on any atom is 0.249 e. The predicted octanol–water partition coefficient (Wildman–Crippen LogP) is 0.120. The van der Waals surface area contributed by atoms with Gasteiger partial charge in [0.05, 0.1) is 0 Å². The minimum Gasteiger partial charge on any atom is -0.344 e. The van der Waals surface area contributed by atoms with Crippen LogP contribution in [0.15, 0.2) is 12.2 Å². The lowest BCUT2D eigenvalue weighted by atomic mass is 9.92. The van der Waals surface area contributed by atoms with Crippen molar-refractivity contribution in [3.05, 3.63) is 12.2 Å². The van der Waals surface area contributed by atoms with E-state index in [4.69, 9.17) is 0 Å². The van der Waals surface area contributed by atoms with Crippen molar-refractivity contribution in [2.45, 2.75) is 31.7 Å². The summed E-state index contributed by atoms with van der Waals surface area (Å²) >= 11 is 0. The molecule has 18 heavy (non-hydrogen) atoms. The molecule has 3 rings (SSSR count). The molecule has 1 saturated heterocycles. The van der Waals surface area contributed by atoms with Crippen molar-refractivity contribution in [2.75, 3.05) is 0 Å². The number of hydrogen-bond acceptors (Lipinski definition) is 3. The van der Waals surface area contributed by atoms with Crippen LogP contribution in [0.4, 0.5) is 0 Å². The van der Waals surface area contributed by atoms with Crippen LogP contribution in [0.25, 0.3) is 0 Å². The third kappa shape index (κ3) is 1.94. The molecule has 2 N–H and O–H groups in total. The van der Waals surface area contributed by atoms with E-state index in [1.807, 2.05) is 0 Å². The monoisotopic (exact) mass is 248 g/mol. The normalized spacial score (nSPS) is 37.8. The Morgan fingerprint density at radius 3 is 2.72 bits per heavy atom. The van der Waals surface area contributed by atoms with Gasteiger partial charge < -0.3 is 5.32 Å². The van der Waals surface area contributed by atoms with Gasteiger partial charge in [0.1, 0.15) is 6.04 Å². The van der Waals surface area contributed by atoms with Crippen molar-refractivity contribution >= 4 is 17.7 Å². The number of allylic oxidation sites excluding steroid dienone is 2. The highest BCUT2D eigenvalue weighted by Crippen LogP contribution is 2.43. The van der Waals surface area contributed by atoms with Gasteiger partial charge in [0.15, 0.2) is 0 Å². The number of fused-ring (bicyclic) bond motifs is 2. The highest BCUT2D eigenvalue weighted by Gasteiger charge is 2.41. The summed E-state index contributed by atoms with van der Waals surface area (Å²) in [6.07, 6.45) is 6.96. The van der Waals surface area contributed by atoms with E-state index in [1.165, 1.54) is 0 Å². The largest absolute Gasteiger partial charge is 0.344 e. The van der Waals surface area contributed by atoms with Gasteiger partial charge in [0.2, 0.25) is 17.7 Å². The zero-order valence-electron chi connectivity index (χ0n) is 10.0. The van der Waals surface area contributed by atoms with Gasteiger partial charge in [0, 0.05) is 12.3 Å². The van der Waals surface area contributed by atoms with E-state index in [9.17, 15) is 14.4 Å². The summed E-state index contributed by atoms with van der Waals surface area (Å²) in [6, 6.07) is -0.543. The first kappa shape index (κ1) is 11.4. The fraction of sp³-hybridized carbons (Fsp3) is 0.615. The van der Waals surface area contributed by atoms with Crippen LogP contribution in [0.2, 0.25) is 0 Å². The van der Waals surface area contributed by atoms with Crippen molar-refractivity contribution in [3.63, 3.8) is 0 Å². The van der Waals surface area contributed by atoms with E-state index >= 15 is 0 Å². The number of carbonyl (C=O) groups is 3. The number of piperidine rings is 1. The van der Waals surface area contributed by atoms with Crippen LogP contribution in [0, 0.1) is 17.8 Å². The van der Waals surface area contributed by atoms with E-state index in [-0.39, 0.29) is 23.6 Å². The van der Waals surface area contributed by atoms with Crippen LogP contribution in [0.5, 0.6) is 0 Å². The molecule has 5 nitrogen and oxygen atoms in total. The molecule has 2 aliphatic carbocycles. The standard InChI is InChI=1S/C13H16N2O3/c16-11-4-3-10(13(18)15-11)14-12(17)9-6-7-1-2-8(9)5-7/h1-2,7-10H,3-6H2,(H,14,17)(H,15,16,18). The number of hydrogen-bond donors (Lipinski definition) is 2. The minimum absolute atomic E-state index is 0.00503. The van der Waals surface area contributed by atoms with Gasteiger partial charge >= 0.3 is 0 Å². The van der Waals surface area contributed by atoms with E-state index < -0.39 is 6.04 Å². The fourth-order valence-electron chi connectivity index (χ4n) is 3.19. The summed E-state index contributed by atoms with van der Waals surface area (Å²) in [4.78, 5) is 34.7. The van der Waals surface area contributed by atoms with Crippen LogP contribution >= 0.6 is 0 Å². The van der Waals surface area contributed by atoms with Crippen molar-refractivity contribution in [3.8, 4) is 0 Å². The molecule has 96 valence electrons. The van der Waals surface area contributed by atoms with E-state index in [2.05, 4.69) is 22.8 Å². The highest BCUT2D eigenvalue weighted by molar-refractivity contribution is 6.01. The van der Waals surface area contributed by atoms with Crippen LogP contribution in [0.1, 0.15) is 25.7 Å². The number of amides is 3. The van der Waals surface area contributed by atoms with Crippen molar-refractivity contribution < 1.29 is 14.4 Å². The number of rotatable bonds is 2. The van der Waals surface area contributed by atoms with Gasteiger partial charge in [-0.25, -0.2) is 0 Å². The van der Waals surface area contributed by atoms with Crippen LogP contribution in [-0.4, -0.2) is 23.8 Å². The molecule has 1 aliphatic heterocycles. The first-order valence-corrected chi connectivity index (χ1v) is 6.46. The molecule has 3 aliphatic rings.